The summed E-state index contributed by atoms with van der Waals surface area (Å²) in [6, 6.07) is 7.14. The van der Waals surface area contributed by atoms with Gasteiger partial charge in [0.1, 0.15) is 18.8 Å². The van der Waals surface area contributed by atoms with Gasteiger partial charge in [0.25, 0.3) is 6.47 Å². The maximum Gasteiger partial charge on any atom is 0.514 e. The molecule has 9 unspecified atom stereocenters. The van der Waals surface area contributed by atoms with Gasteiger partial charge in [-0.15, -0.1) is 0 Å². The van der Waals surface area contributed by atoms with E-state index in [4.69, 9.17) is 52.5 Å². The predicted molar refractivity (Wildman–Crippen MR) is 174 cm³/mol. The third-order valence-electron chi connectivity index (χ3n) is 9.30. The second-order valence-corrected chi connectivity index (χ2v) is 12.6. The topological polar surface area (TPSA) is 207 Å². The van der Waals surface area contributed by atoms with Crippen LogP contribution in [0.25, 0.3) is 0 Å². The van der Waals surface area contributed by atoms with Crippen molar-refractivity contribution in [2.75, 3.05) is 47.4 Å². The SMILES string of the molecule is COc1cc(C2CCCC(COC=O)C(OC3OC(COC(C)O)C(C)C3O)c3cc4c(cc32)OCO4)cc(OC)c1OC(=O)OCC(O)CO. The van der Waals surface area contributed by atoms with Crippen LogP contribution in [-0.4, -0.2) is 111 Å². The fourth-order valence-electron chi connectivity index (χ4n) is 6.59. The highest BCUT2D eigenvalue weighted by Crippen LogP contribution is 2.50. The average molecular weight is 723 g/mol. The fraction of sp³-hybridized carbons (Fsp3) is 0.600. The summed E-state index contributed by atoms with van der Waals surface area (Å²) in [5.41, 5.74) is 2.23. The van der Waals surface area contributed by atoms with Crippen molar-refractivity contribution in [2.24, 2.45) is 11.8 Å². The Morgan fingerprint density at radius 2 is 1.71 bits per heavy atom. The highest BCUT2D eigenvalue weighted by molar-refractivity contribution is 5.69. The Bertz CT molecular complexity index is 1460. The Balaban J connectivity index is 1.54. The number of fused-ring (bicyclic) bond motifs is 2. The summed E-state index contributed by atoms with van der Waals surface area (Å²) in [5.74, 6) is 0.250. The van der Waals surface area contributed by atoms with Crippen molar-refractivity contribution in [1.29, 1.82) is 0 Å². The van der Waals surface area contributed by atoms with Crippen molar-refractivity contribution < 1.29 is 77.4 Å². The molecule has 282 valence electrons. The van der Waals surface area contributed by atoms with Gasteiger partial charge >= 0.3 is 6.16 Å². The van der Waals surface area contributed by atoms with E-state index in [2.05, 4.69) is 0 Å². The largest absolute Gasteiger partial charge is 0.514 e. The Labute approximate surface area is 295 Å². The first-order valence-electron chi connectivity index (χ1n) is 16.7. The summed E-state index contributed by atoms with van der Waals surface area (Å²) < 4.78 is 56.6. The highest BCUT2D eigenvalue weighted by Gasteiger charge is 2.45. The molecule has 0 aromatic heterocycles. The van der Waals surface area contributed by atoms with Gasteiger partial charge in [-0.25, -0.2) is 4.79 Å². The number of ether oxygens (including phenoxy) is 10. The van der Waals surface area contributed by atoms with E-state index in [1.54, 1.807) is 12.1 Å². The summed E-state index contributed by atoms with van der Waals surface area (Å²) in [6.45, 7) is 2.70. The molecule has 0 amide bonds. The number of aliphatic hydroxyl groups excluding tert-OH is 4. The number of carbonyl (C=O) groups is 2. The zero-order chi connectivity index (χ0) is 36.7. The average Bonchev–Trinajstić information content (AvgIpc) is 3.69. The van der Waals surface area contributed by atoms with Gasteiger partial charge in [0, 0.05) is 17.8 Å². The quantitative estimate of drug-likeness (QED) is 0.0902. The lowest BCUT2D eigenvalue weighted by molar-refractivity contribution is -0.216. The monoisotopic (exact) mass is 722 g/mol. The van der Waals surface area contributed by atoms with Crippen LogP contribution >= 0.6 is 0 Å². The maximum absolute atomic E-state index is 12.5. The minimum absolute atomic E-state index is 0.0120. The molecule has 4 N–H and O–H groups in total. The van der Waals surface area contributed by atoms with Crippen LogP contribution in [0.3, 0.4) is 0 Å². The van der Waals surface area contributed by atoms with E-state index < -0.39 is 56.4 Å². The molecule has 1 aliphatic carbocycles. The lowest BCUT2D eigenvalue weighted by atomic mass is 9.76. The molecule has 2 aromatic carbocycles. The standard InChI is InChI=1S/C35H46O16/c1-18-30(15-45-19(2)38)49-34(31(18)40)50-32-20(13-44-16-37)6-5-7-23(24-10-26-27(11-25(24)32)48-17-47-26)21-8-28(42-3)33(29(9-21)43-4)51-35(41)46-14-22(39)12-36/h8-11,16,18-20,22-23,30-32,34,36,38-40H,5-7,12-15,17H2,1-4H3. The molecule has 0 bridgehead atoms. The first-order chi connectivity index (χ1) is 24.6. The minimum atomic E-state index is -1.27. The second-order valence-electron chi connectivity index (χ2n) is 12.6. The van der Waals surface area contributed by atoms with E-state index >= 15 is 0 Å². The van der Waals surface area contributed by atoms with Gasteiger partial charge in [-0.1, -0.05) is 13.3 Å². The zero-order valence-electron chi connectivity index (χ0n) is 28.9. The van der Waals surface area contributed by atoms with Crippen LogP contribution in [0.4, 0.5) is 4.79 Å². The van der Waals surface area contributed by atoms with Crippen LogP contribution < -0.4 is 23.7 Å². The smallest absolute Gasteiger partial charge is 0.493 e. The van der Waals surface area contributed by atoms with Gasteiger partial charge in [-0.05, 0) is 60.7 Å². The molecule has 1 fully saturated rings. The number of hydrogen-bond acceptors (Lipinski definition) is 16. The third-order valence-corrected chi connectivity index (χ3v) is 9.30. The van der Waals surface area contributed by atoms with E-state index in [9.17, 15) is 24.9 Å². The predicted octanol–water partition coefficient (Wildman–Crippen LogP) is 2.54. The number of benzene rings is 2. The van der Waals surface area contributed by atoms with Crippen LogP contribution in [0.1, 0.15) is 61.8 Å². The van der Waals surface area contributed by atoms with Crippen molar-refractivity contribution in [2.45, 2.75) is 76.0 Å². The Morgan fingerprint density at radius 1 is 1.02 bits per heavy atom. The van der Waals surface area contributed by atoms with Crippen molar-refractivity contribution in [1.82, 2.24) is 0 Å². The zero-order valence-corrected chi connectivity index (χ0v) is 28.9. The molecule has 0 radical (unpaired) electrons. The molecule has 51 heavy (non-hydrogen) atoms. The van der Waals surface area contributed by atoms with Gasteiger partial charge in [-0.2, -0.15) is 0 Å². The summed E-state index contributed by atoms with van der Waals surface area (Å²) in [5, 5.41) is 39.5. The van der Waals surface area contributed by atoms with Gasteiger partial charge in [0.2, 0.25) is 12.5 Å². The molecular weight excluding hydrogens is 676 g/mol. The van der Waals surface area contributed by atoms with Crippen LogP contribution in [0, 0.1) is 11.8 Å². The Kier molecular flexibility index (Phi) is 13.2. The molecule has 2 aromatic rings. The fourth-order valence-corrected chi connectivity index (χ4v) is 6.59. The Hall–Kier alpha value is -3.90. The number of carbonyl (C=O) groups excluding carboxylic acids is 2. The van der Waals surface area contributed by atoms with Gasteiger partial charge in [-0.3, -0.25) is 4.79 Å². The molecule has 2 heterocycles. The maximum atomic E-state index is 12.5. The van der Waals surface area contributed by atoms with Crippen molar-refractivity contribution in [3.05, 3.63) is 41.0 Å². The molecular formula is C35H46O16. The third kappa shape index (κ3) is 8.95. The van der Waals surface area contributed by atoms with Crippen LogP contribution in [0.2, 0.25) is 0 Å². The Morgan fingerprint density at radius 3 is 2.33 bits per heavy atom. The van der Waals surface area contributed by atoms with E-state index in [0.717, 1.165) is 11.1 Å². The van der Waals surface area contributed by atoms with Crippen molar-refractivity contribution in [3.8, 4) is 28.7 Å². The van der Waals surface area contributed by atoms with E-state index in [-0.39, 0.29) is 55.0 Å². The lowest BCUT2D eigenvalue weighted by Crippen LogP contribution is -2.34. The molecule has 9 atom stereocenters. The molecule has 0 spiro atoms. The minimum Gasteiger partial charge on any atom is -0.493 e. The van der Waals surface area contributed by atoms with E-state index in [0.29, 0.717) is 42.8 Å². The first-order valence-corrected chi connectivity index (χ1v) is 16.7. The van der Waals surface area contributed by atoms with Crippen LogP contribution in [0.5, 0.6) is 28.7 Å². The summed E-state index contributed by atoms with van der Waals surface area (Å²) in [7, 11) is 2.82. The number of aliphatic hydroxyl groups is 4. The number of methoxy groups -OCH3 is 2. The molecule has 16 nitrogen and oxygen atoms in total. The first kappa shape index (κ1) is 38.3. The highest BCUT2D eigenvalue weighted by atomic mass is 16.7. The van der Waals surface area contributed by atoms with Gasteiger partial charge in [0.15, 0.2) is 35.6 Å². The number of rotatable bonds is 15. The molecule has 2 aliphatic heterocycles. The van der Waals surface area contributed by atoms with E-state index in [1.165, 1.54) is 21.1 Å². The molecule has 0 saturated carbocycles. The molecule has 1 saturated heterocycles. The summed E-state index contributed by atoms with van der Waals surface area (Å²) in [4.78, 5) is 23.8. The van der Waals surface area contributed by atoms with Gasteiger partial charge < -0.3 is 67.8 Å². The van der Waals surface area contributed by atoms with E-state index in [1.807, 2.05) is 19.1 Å². The second kappa shape index (κ2) is 17.5. The number of hydrogen-bond donors (Lipinski definition) is 4. The molecule has 16 heteroatoms. The lowest BCUT2D eigenvalue weighted by Gasteiger charge is -2.36. The van der Waals surface area contributed by atoms with Crippen molar-refractivity contribution >= 4 is 12.6 Å². The molecule has 5 rings (SSSR count). The van der Waals surface area contributed by atoms with Crippen LogP contribution in [0.15, 0.2) is 24.3 Å². The molecule has 3 aliphatic rings. The van der Waals surface area contributed by atoms with Crippen molar-refractivity contribution in [3.63, 3.8) is 0 Å². The summed E-state index contributed by atoms with van der Waals surface area (Å²) in [6.07, 6.45) is -4.99. The summed E-state index contributed by atoms with van der Waals surface area (Å²) >= 11 is 0. The normalized spacial score (nSPS) is 26.6. The van der Waals surface area contributed by atoms with Crippen LogP contribution in [-0.2, 0) is 28.5 Å². The van der Waals surface area contributed by atoms with Gasteiger partial charge in [0.05, 0.1) is 46.2 Å².